The number of carbonyl (C=O) groups excluding carboxylic acids is 2. The number of amides is 1. The molecule has 0 aliphatic carbocycles. The molecule has 0 bridgehead atoms. The number of hydrogen-bond acceptors (Lipinski definition) is 4. The predicted molar refractivity (Wildman–Crippen MR) is 68.9 cm³/mol. The molecule has 1 fully saturated rings. The number of methoxy groups -OCH3 is 1. The van der Waals surface area contributed by atoms with Gasteiger partial charge in [-0.2, -0.15) is 0 Å². The number of likely N-dealkylation sites (tertiary alicyclic amines) is 1. The minimum absolute atomic E-state index is 0.0830. The van der Waals surface area contributed by atoms with Gasteiger partial charge in [-0.15, -0.1) is 0 Å². The lowest BCUT2D eigenvalue weighted by molar-refractivity contribution is -0.145. The summed E-state index contributed by atoms with van der Waals surface area (Å²) in [5.74, 6) is -0.537. The maximum Gasteiger partial charge on any atom is 0.328 e. The molecule has 1 aliphatic heterocycles. The fraction of sp³-hybridized carbons (Fsp3) is 0.429. The van der Waals surface area contributed by atoms with E-state index >= 15 is 0 Å². The Bertz CT molecular complexity index is 512. The molecule has 0 radical (unpaired) electrons. The van der Waals surface area contributed by atoms with Crippen LogP contribution in [0.1, 0.15) is 28.8 Å². The zero-order valence-electron chi connectivity index (χ0n) is 11.0. The number of ether oxygens (including phenoxy) is 1. The SMILES string of the molecule is COC(=O)C1CCCN1C(=O)c1cccc(O)c1C. The molecular formula is C14H17NO4. The van der Waals surface area contributed by atoms with Crippen LogP contribution in [0.4, 0.5) is 0 Å². The number of rotatable bonds is 2. The Kier molecular flexibility index (Phi) is 3.74. The van der Waals surface area contributed by atoms with E-state index in [1.807, 2.05) is 0 Å². The van der Waals surface area contributed by atoms with Crippen molar-refractivity contribution < 1.29 is 19.4 Å². The monoisotopic (exact) mass is 263 g/mol. The summed E-state index contributed by atoms with van der Waals surface area (Å²) < 4.78 is 4.72. The van der Waals surface area contributed by atoms with Crippen LogP contribution in [-0.2, 0) is 9.53 Å². The third-order valence-corrected chi connectivity index (χ3v) is 3.52. The number of esters is 1. The molecule has 1 heterocycles. The number of benzene rings is 1. The molecule has 1 saturated heterocycles. The van der Waals surface area contributed by atoms with Gasteiger partial charge in [0, 0.05) is 17.7 Å². The molecule has 102 valence electrons. The van der Waals surface area contributed by atoms with Gasteiger partial charge in [-0.05, 0) is 31.9 Å². The first kappa shape index (κ1) is 13.4. The lowest BCUT2D eigenvalue weighted by atomic mass is 10.1. The van der Waals surface area contributed by atoms with Crippen molar-refractivity contribution in [3.8, 4) is 5.75 Å². The molecule has 0 saturated carbocycles. The smallest absolute Gasteiger partial charge is 0.328 e. The van der Waals surface area contributed by atoms with Crippen LogP contribution in [0.5, 0.6) is 5.75 Å². The van der Waals surface area contributed by atoms with Gasteiger partial charge in [0.2, 0.25) is 0 Å². The Morgan fingerprint density at radius 1 is 1.42 bits per heavy atom. The Morgan fingerprint density at radius 2 is 2.16 bits per heavy atom. The first-order valence-corrected chi connectivity index (χ1v) is 6.23. The maximum atomic E-state index is 12.5. The second-order valence-electron chi connectivity index (χ2n) is 4.63. The average molecular weight is 263 g/mol. The van der Waals surface area contributed by atoms with Gasteiger partial charge in [-0.3, -0.25) is 4.79 Å². The third-order valence-electron chi connectivity index (χ3n) is 3.52. The molecule has 1 aliphatic rings. The summed E-state index contributed by atoms with van der Waals surface area (Å²) in [5.41, 5.74) is 0.957. The summed E-state index contributed by atoms with van der Waals surface area (Å²) in [6, 6.07) is 4.30. The van der Waals surface area contributed by atoms with Gasteiger partial charge in [-0.25, -0.2) is 4.79 Å². The molecule has 5 heteroatoms. The minimum atomic E-state index is -0.515. The summed E-state index contributed by atoms with van der Waals surface area (Å²) >= 11 is 0. The third kappa shape index (κ3) is 2.41. The van der Waals surface area contributed by atoms with Crippen molar-refractivity contribution in [2.45, 2.75) is 25.8 Å². The highest BCUT2D eigenvalue weighted by atomic mass is 16.5. The number of phenolic OH excluding ortho intramolecular Hbond substituents is 1. The zero-order chi connectivity index (χ0) is 14.0. The van der Waals surface area contributed by atoms with Crippen LogP contribution in [0.3, 0.4) is 0 Å². The number of phenols is 1. The average Bonchev–Trinajstić information content (AvgIpc) is 2.89. The highest BCUT2D eigenvalue weighted by Crippen LogP contribution is 2.25. The van der Waals surface area contributed by atoms with Crippen molar-refractivity contribution in [1.82, 2.24) is 4.90 Å². The van der Waals surface area contributed by atoms with Crippen LogP contribution in [0.25, 0.3) is 0 Å². The Balaban J connectivity index is 2.28. The molecule has 1 unspecified atom stereocenters. The Labute approximate surface area is 111 Å². The van der Waals surface area contributed by atoms with Crippen LogP contribution in [-0.4, -0.2) is 41.6 Å². The summed E-state index contributed by atoms with van der Waals surface area (Å²) in [5, 5.41) is 9.65. The van der Waals surface area contributed by atoms with Gasteiger partial charge in [0.1, 0.15) is 11.8 Å². The molecular weight excluding hydrogens is 246 g/mol. The second-order valence-corrected chi connectivity index (χ2v) is 4.63. The number of aromatic hydroxyl groups is 1. The van der Waals surface area contributed by atoms with Crippen LogP contribution < -0.4 is 0 Å². The number of hydrogen-bond donors (Lipinski definition) is 1. The fourth-order valence-electron chi connectivity index (χ4n) is 2.40. The normalized spacial score (nSPS) is 18.4. The van der Waals surface area contributed by atoms with E-state index in [-0.39, 0.29) is 17.6 Å². The molecule has 1 aromatic carbocycles. The summed E-state index contributed by atoms with van der Waals surface area (Å²) in [7, 11) is 1.32. The quantitative estimate of drug-likeness (QED) is 0.821. The van der Waals surface area contributed by atoms with Crippen LogP contribution in [0.15, 0.2) is 18.2 Å². The molecule has 1 atom stereocenters. The molecule has 2 rings (SSSR count). The van der Waals surface area contributed by atoms with Crippen LogP contribution in [0, 0.1) is 6.92 Å². The number of nitrogens with zero attached hydrogens (tertiary/aromatic N) is 1. The first-order chi connectivity index (χ1) is 9.06. The Morgan fingerprint density at radius 3 is 2.84 bits per heavy atom. The van der Waals surface area contributed by atoms with E-state index in [1.54, 1.807) is 19.1 Å². The van der Waals surface area contributed by atoms with Crippen molar-refractivity contribution in [2.24, 2.45) is 0 Å². The standard InChI is InChI=1S/C14H17NO4/c1-9-10(5-3-7-12(9)16)13(17)15-8-4-6-11(15)14(18)19-2/h3,5,7,11,16H,4,6,8H2,1-2H3. The van der Waals surface area contributed by atoms with Gasteiger partial charge >= 0.3 is 5.97 Å². The van der Waals surface area contributed by atoms with Crippen molar-refractivity contribution in [3.05, 3.63) is 29.3 Å². The molecule has 19 heavy (non-hydrogen) atoms. The van der Waals surface area contributed by atoms with E-state index in [2.05, 4.69) is 0 Å². The highest BCUT2D eigenvalue weighted by Gasteiger charge is 2.35. The molecule has 1 N–H and O–H groups in total. The lowest BCUT2D eigenvalue weighted by Gasteiger charge is -2.23. The van der Waals surface area contributed by atoms with Gasteiger partial charge in [0.15, 0.2) is 0 Å². The van der Waals surface area contributed by atoms with E-state index in [4.69, 9.17) is 4.74 Å². The summed E-state index contributed by atoms with van der Waals surface area (Å²) in [4.78, 5) is 25.6. The van der Waals surface area contributed by atoms with E-state index in [9.17, 15) is 14.7 Å². The lowest BCUT2D eigenvalue weighted by Crippen LogP contribution is -2.41. The molecule has 0 spiro atoms. The van der Waals surface area contributed by atoms with Crippen molar-refractivity contribution >= 4 is 11.9 Å². The van der Waals surface area contributed by atoms with E-state index in [0.717, 1.165) is 6.42 Å². The first-order valence-electron chi connectivity index (χ1n) is 6.23. The van der Waals surface area contributed by atoms with Crippen LogP contribution >= 0.6 is 0 Å². The molecule has 0 aromatic heterocycles. The van der Waals surface area contributed by atoms with E-state index in [0.29, 0.717) is 24.1 Å². The molecule has 1 aromatic rings. The van der Waals surface area contributed by atoms with Crippen molar-refractivity contribution in [1.29, 1.82) is 0 Å². The van der Waals surface area contributed by atoms with Crippen LogP contribution in [0.2, 0.25) is 0 Å². The molecule has 1 amide bonds. The van der Waals surface area contributed by atoms with Gasteiger partial charge in [0.05, 0.1) is 7.11 Å². The van der Waals surface area contributed by atoms with Crippen molar-refractivity contribution in [3.63, 3.8) is 0 Å². The second kappa shape index (κ2) is 5.30. The topological polar surface area (TPSA) is 66.8 Å². The maximum absolute atomic E-state index is 12.5. The number of carbonyl (C=O) groups is 2. The summed E-state index contributed by atoms with van der Waals surface area (Å²) in [6.07, 6.45) is 1.40. The summed E-state index contributed by atoms with van der Waals surface area (Å²) in [6.45, 7) is 2.22. The van der Waals surface area contributed by atoms with E-state index < -0.39 is 6.04 Å². The van der Waals surface area contributed by atoms with Gasteiger partial charge in [-0.1, -0.05) is 6.07 Å². The van der Waals surface area contributed by atoms with Gasteiger partial charge in [0.25, 0.3) is 5.91 Å². The van der Waals surface area contributed by atoms with Gasteiger partial charge < -0.3 is 14.7 Å². The Hall–Kier alpha value is -2.04. The van der Waals surface area contributed by atoms with Crippen molar-refractivity contribution in [2.75, 3.05) is 13.7 Å². The fourth-order valence-corrected chi connectivity index (χ4v) is 2.40. The highest BCUT2D eigenvalue weighted by molar-refractivity contribution is 5.98. The zero-order valence-corrected chi connectivity index (χ0v) is 11.0. The van der Waals surface area contributed by atoms with E-state index in [1.165, 1.54) is 18.1 Å². The minimum Gasteiger partial charge on any atom is -0.508 e. The predicted octanol–water partition coefficient (Wildman–Crippen LogP) is 1.48. The molecule has 5 nitrogen and oxygen atoms in total. The largest absolute Gasteiger partial charge is 0.508 e.